The maximum Gasteiger partial charge on any atom is 0.118 e. The Morgan fingerprint density at radius 2 is 1.83 bits per heavy atom. The van der Waals surface area contributed by atoms with Crippen molar-refractivity contribution in [3.05, 3.63) is 64.8 Å². The number of hydrogen-bond acceptors (Lipinski definition) is 2. The van der Waals surface area contributed by atoms with Crippen molar-refractivity contribution in [3.63, 3.8) is 0 Å². The fourth-order valence-electron chi connectivity index (χ4n) is 3.01. The molecule has 0 saturated heterocycles. The first kappa shape index (κ1) is 15.6. The molecule has 2 aromatic carbocycles. The molecule has 23 heavy (non-hydrogen) atoms. The van der Waals surface area contributed by atoms with Crippen LogP contribution in [0.15, 0.2) is 42.5 Å². The molecule has 0 unspecified atom stereocenters. The molecule has 0 bridgehead atoms. The first-order valence-corrected chi connectivity index (χ1v) is 8.09. The smallest absolute Gasteiger partial charge is 0.118 e. The van der Waals surface area contributed by atoms with Gasteiger partial charge in [-0.15, -0.1) is 0 Å². The number of aryl methyl sites for hydroxylation is 2. The molecule has 3 heteroatoms. The van der Waals surface area contributed by atoms with Crippen LogP contribution in [0.25, 0.3) is 10.9 Å². The van der Waals surface area contributed by atoms with Gasteiger partial charge in [-0.25, -0.2) is 0 Å². The quantitative estimate of drug-likeness (QED) is 0.672. The molecule has 0 radical (unpaired) electrons. The van der Waals surface area contributed by atoms with Crippen LogP contribution >= 0.6 is 0 Å². The number of methoxy groups -OCH3 is 1. The Hall–Kier alpha value is -2.26. The van der Waals surface area contributed by atoms with Gasteiger partial charge in [-0.3, -0.25) is 0 Å². The number of hydrogen-bond donors (Lipinski definition) is 2. The molecule has 0 aliphatic heterocycles. The Kier molecular flexibility index (Phi) is 4.68. The van der Waals surface area contributed by atoms with Gasteiger partial charge in [0, 0.05) is 23.1 Å². The van der Waals surface area contributed by atoms with Gasteiger partial charge in [-0.1, -0.05) is 23.8 Å². The van der Waals surface area contributed by atoms with Gasteiger partial charge in [0.1, 0.15) is 5.75 Å². The molecule has 1 aromatic heterocycles. The van der Waals surface area contributed by atoms with Crippen molar-refractivity contribution < 1.29 is 4.74 Å². The van der Waals surface area contributed by atoms with E-state index >= 15 is 0 Å². The first-order valence-electron chi connectivity index (χ1n) is 8.09. The van der Waals surface area contributed by atoms with Crippen molar-refractivity contribution in [3.8, 4) is 5.75 Å². The number of benzene rings is 2. The summed E-state index contributed by atoms with van der Waals surface area (Å²) in [5.74, 6) is 0.901. The molecule has 0 atom stereocenters. The summed E-state index contributed by atoms with van der Waals surface area (Å²) >= 11 is 0. The molecule has 0 fully saturated rings. The van der Waals surface area contributed by atoms with Crippen molar-refractivity contribution >= 4 is 10.9 Å². The van der Waals surface area contributed by atoms with Crippen LogP contribution in [-0.2, 0) is 13.0 Å². The van der Waals surface area contributed by atoms with E-state index in [9.17, 15) is 0 Å². The maximum absolute atomic E-state index is 5.18. The Morgan fingerprint density at radius 3 is 2.57 bits per heavy atom. The fraction of sp³-hybridized carbons (Fsp3) is 0.300. The molecule has 2 N–H and O–H groups in total. The van der Waals surface area contributed by atoms with E-state index in [1.807, 2.05) is 12.1 Å². The van der Waals surface area contributed by atoms with Gasteiger partial charge in [0.25, 0.3) is 0 Å². The average Bonchev–Trinajstić information content (AvgIpc) is 2.87. The lowest BCUT2D eigenvalue weighted by atomic mass is 10.1. The standard InChI is InChI=1S/C20H24N2O/c1-14-4-9-20-19(12-14)18(15(2)22-20)10-11-21-13-16-5-7-17(23-3)8-6-16/h4-9,12,21-22H,10-11,13H2,1-3H3. The highest BCUT2D eigenvalue weighted by molar-refractivity contribution is 5.85. The van der Waals surface area contributed by atoms with Crippen LogP contribution in [-0.4, -0.2) is 18.6 Å². The third-order valence-electron chi connectivity index (χ3n) is 4.31. The maximum atomic E-state index is 5.18. The summed E-state index contributed by atoms with van der Waals surface area (Å²) in [4.78, 5) is 3.48. The molecule has 0 aliphatic carbocycles. The Labute approximate surface area is 137 Å². The van der Waals surface area contributed by atoms with Crippen molar-refractivity contribution in [2.45, 2.75) is 26.8 Å². The van der Waals surface area contributed by atoms with Gasteiger partial charge in [0.05, 0.1) is 7.11 Å². The number of H-pyrrole nitrogens is 1. The van der Waals surface area contributed by atoms with Gasteiger partial charge in [0.2, 0.25) is 0 Å². The van der Waals surface area contributed by atoms with Crippen LogP contribution in [0.2, 0.25) is 0 Å². The Balaban J connectivity index is 1.60. The van der Waals surface area contributed by atoms with Crippen LogP contribution in [0, 0.1) is 13.8 Å². The monoisotopic (exact) mass is 308 g/mol. The number of rotatable bonds is 6. The number of ether oxygens (including phenoxy) is 1. The average molecular weight is 308 g/mol. The zero-order valence-corrected chi connectivity index (χ0v) is 14.1. The summed E-state index contributed by atoms with van der Waals surface area (Å²) in [6.07, 6.45) is 1.03. The molecular formula is C20H24N2O. The molecule has 0 aliphatic rings. The summed E-state index contributed by atoms with van der Waals surface area (Å²) in [5.41, 5.74) is 6.52. The van der Waals surface area contributed by atoms with E-state index in [0.29, 0.717) is 0 Å². The first-order chi connectivity index (χ1) is 11.2. The summed E-state index contributed by atoms with van der Waals surface area (Å²) in [6, 6.07) is 14.8. The summed E-state index contributed by atoms with van der Waals surface area (Å²) in [6.45, 7) is 6.15. The van der Waals surface area contributed by atoms with E-state index in [2.05, 4.69) is 54.5 Å². The predicted molar refractivity (Wildman–Crippen MR) is 96.2 cm³/mol. The minimum atomic E-state index is 0.879. The summed E-state index contributed by atoms with van der Waals surface area (Å²) < 4.78 is 5.18. The minimum absolute atomic E-state index is 0.879. The molecule has 3 aromatic rings. The number of aromatic nitrogens is 1. The second-order valence-electron chi connectivity index (χ2n) is 6.05. The van der Waals surface area contributed by atoms with Crippen molar-refractivity contribution in [1.29, 1.82) is 0 Å². The number of fused-ring (bicyclic) bond motifs is 1. The molecule has 1 heterocycles. The van der Waals surface area contributed by atoms with Crippen LogP contribution in [0.5, 0.6) is 5.75 Å². The number of aromatic amines is 1. The van der Waals surface area contributed by atoms with Gasteiger partial charge in [-0.2, -0.15) is 0 Å². The SMILES string of the molecule is COc1ccc(CNCCc2c(C)[nH]c3ccc(C)cc23)cc1. The molecule has 3 rings (SSSR count). The molecular weight excluding hydrogens is 284 g/mol. The normalized spacial score (nSPS) is 11.1. The zero-order chi connectivity index (χ0) is 16.2. The van der Waals surface area contributed by atoms with Crippen LogP contribution in [0.4, 0.5) is 0 Å². The lowest BCUT2D eigenvalue weighted by Gasteiger charge is -2.07. The molecule has 120 valence electrons. The van der Waals surface area contributed by atoms with E-state index in [-0.39, 0.29) is 0 Å². The highest BCUT2D eigenvalue weighted by Gasteiger charge is 2.08. The number of nitrogens with one attached hydrogen (secondary N) is 2. The highest BCUT2D eigenvalue weighted by Crippen LogP contribution is 2.23. The lowest BCUT2D eigenvalue weighted by Crippen LogP contribution is -2.16. The Bertz CT molecular complexity index is 787. The van der Waals surface area contributed by atoms with Gasteiger partial charge >= 0.3 is 0 Å². The van der Waals surface area contributed by atoms with Crippen LogP contribution < -0.4 is 10.1 Å². The van der Waals surface area contributed by atoms with E-state index in [4.69, 9.17) is 4.74 Å². The summed E-state index contributed by atoms with van der Waals surface area (Å²) in [7, 11) is 1.69. The van der Waals surface area contributed by atoms with E-state index in [1.165, 1.54) is 33.3 Å². The van der Waals surface area contributed by atoms with E-state index in [1.54, 1.807) is 7.11 Å². The Morgan fingerprint density at radius 1 is 1.04 bits per heavy atom. The molecule has 0 spiro atoms. The van der Waals surface area contributed by atoms with Gasteiger partial charge in [-0.05, 0) is 62.2 Å². The molecule has 3 nitrogen and oxygen atoms in total. The largest absolute Gasteiger partial charge is 0.497 e. The molecule has 0 amide bonds. The van der Waals surface area contributed by atoms with Crippen molar-refractivity contribution in [2.75, 3.05) is 13.7 Å². The van der Waals surface area contributed by atoms with Crippen molar-refractivity contribution in [1.82, 2.24) is 10.3 Å². The molecule has 0 saturated carbocycles. The van der Waals surface area contributed by atoms with Gasteiger partial charge in [0.15, 0.2) is 0 Å². The van der Waals surface area contributed by atoms with E-state index in [0.717, 1.165) is 25.3 Å². The minimum Gasteiger partial charge on any atom is -0.497 e. The topological polar surface area (TPSA) is 37.0 Å². The van der Waals surface area contributed by atoms with Crippen LogP contribution in [0.1, 0.15) is 22.4 Å². The van der Waals surface area contributed by atoms with Crippen LogP contribution in [0.3, 0.4) is 0 Å². The third kappa shape index (κ3) is 3.57. The van der Waals surface area contributed by atoms with Crippen molar-refractivity contribution in [2.24, 2.45) is 0 Å². The van der Waals surface area contributed by atoms with E-state index < -0.39 is 0 Å². The zero-order valence-electron chi connectivity index (χ0n) is 14.1. The predicted octanol–water partition coefficient (Wildman–Crippen LogP) is 4.13. The highest BCUT2D eigenvalue weighted by atomic mass is 16.5. The summed E-state index contributed by atoms with van der Waals surface area (Å²) in [5, 5.41) is 4.88. The second kappa shape index (κ2) is 6.88. The van der Waals surface area contributed by atoms with Gasteiger partial charge < -0.3 is 15.0 Å². The third-order valence-corrected chi connectivity index (χ3v) is 4.31. The second-order valence-corrected chi connectivity index (χ2v) is 6.05. The lowest BCUT2D eigenvalue weighted by molar-refractivity contribution is 0.414. The fourth-order valence-corrected chi connectivity index (χ4v) is 3.01.